The summed E-state index contributed by atoms with van der Waals surface area (Å²) >= 11 is 0. The zero-order valence-corrected chi connectivity index (χ0v) is 30.0. The molecule has 5 aliphatic carbocycles. The standard InChI is InChI=1S/C50H38N4/c1-51-41-21-18-33(19-22-41)42-16-9-17-44-46(42)43-23-20-37(30-45(43)50(44)39-25-31-24-32(27-39)28-40(50)26-31)36-14-8-15-38(29-36)49-53-47(34-10-4-2-5-11-34)52-48(54-49)35-12-6-3-7-13-35/h2-23,29-32,39-40H,24-28H2. The maximum Gasteiger partial charge on any atom is 0.187 e. The molecule has 54 heavy (non-hydrogen) atoms. The zero-order valence-electron chi connectivity index (χ0n) is 30.0. The van der Waals surface area contributed by atoms with Gasteiger partial charge in [0.25, 0.3) is 0 Å². The molecule has 12 rings (SSSR count). The average molecular weight is 695 g/mol. The van der Waals surface area contributed by atoms with E-state index >= 15 is 0 Å². The molecule has 1 spiro atoms. The lowest BCUT2D eigenvalue weighted by Gasteiger charge is -2.61. The normalized spacial score (nSPS) is 22.9. The number of hydrogen-bond acceptors (Lipinski definition) is 3. The summed E-state index contributed by atoms with van der Waals surface area (Å²) in [6.07, 6.45) is 6.77. The van der Waals surface area contributed by atoms with Crippen molar-refractivity contribution in [2.45, 2.75) is 37.5 Å². The predicted molar refractivity (Wildman–Crippen MR) is 217 cm³/mol. The smallest absolute Gasteiger partial charge is 0.187 e. The van der Waals surface area contributed by atoms with E-state index in [9.17, 15) is 0 Å². The fraction of sp³-hybridized carbons (Fsp3) is 0.200. The number of hydrogen-bond donors (Lipinski definition) is 0. The third-order valence-corrected chi connectivity index (χ3v) is 13.1. The molecular formula is C50H38N4. The van der Waals surface area contributed by atoms with Gasteiger partial charge in [0.1, 0.15) is 0 Å². The van der Waals surface area contributed by atoms with E-state index in [4.69, 9.17) is 21.5 Å². The van der Waals surface area contributed by atoms with Gasteiger partial charge in [-0.1, -0.05) is 133 Å². The molecule has 7 aromatic rings. The summed E-state index contributed by atoms with van der Waals surface area (Å²) < 4.78 is 0. The molecule has 0 amide bonds. The van der Waals surface area contributed by atoms with E-state index in [0.717, 1.165) is 28.5 Å². The number of aromatic nitrogens is 3. The number of nitrogens with zero attached hydrogens (tertiary/aromatic N) is 4. The van der Waals surface area contributed by atoms with E-state index < -0.39 is 0 Å². The lowest BCUT2D eigenvalue weighted by molar-refractivity contribution is -0.0399. The van der Waals surface area contributed by atoms with Crippen molar-refractivity contribution in [2.24, 2.45) is 23.7 Å². The molecule has 4 heteroatoms. The van der Waals surface area contributed by atoms with Crippen LogP contribution in [0.4, 0.5) is 5.69 Å². The highest BCUT2D eigenvalue weighted by atomic mass is 15.0. The van der Waals surface area contributed by atoms with Crippen molar-refractivity contribution < 1.29 is 0 Å². The average Bonchev–Trinajstić information content (AvgIpc) is 3.53. The maximum atomic E-state index is 7.52. The monoisotopic (exact) mass is 694 g/mol. The second-order valence-electron chi connectivity index (χ2n) is 15.9. The van der Waals surface area contributed by atoms with Crippen molar-refractivity contribution in [3.63, 3.8) is 0 Å². The van der Waals surface area contributed by atoms with E-state index in [1.54, 1.807) is 0 Å². The molecule has 0 aliphatic heterocycles. The van der Waals surface area contributed by atoms with Crippen molar-refractivity contribution in [3.8, 4) is 67.5 Å². The van der Waals surface area contributed by atoms with E-state index in [2.05, 4.69) is 102 Å². The van der Waals surface area contributed by atoms with Gasteiger partial charge in [-0.2, -0.15) is 0 Å². The molecule has 6 aromatic carbocycles. The Morgan fingerprint density at radius 2 is 0.981 bits per heavy atom. The first-order chi connectivity index (χ1) is 26.7. The first-order valence-corrected chi connectivity index (χ1v) is 19.4. The Morgan fingerprint density at radius 3 is 1.61 bits per heavy atom. The van der Waals surface area contributed by atoms with Crippen molar-refractivity contribution in [1.29, 1.82) is 0 Å². The maximum absolute atomic E-state index is 7.52. The van der Waals surface area contributed by atoms with E-state index in [0.29, 0.717) is 35.0 Å². The third-order valence-electron chi connectivity index (χ3n) is 13.1. The van der Waals surface area contributed by atoms with Crippen LogP contribution in [0.1, 0.15) is 43.2 Å². The van der Waals surface area contributed by atoms with Crippen LogP contribution in [0.3, 0.4) is 0 Å². The molecule has 0 radical (unpaired) electrons. The first-order valence-electron chi connectivity index (χ1n) is 19.4. The molecule has 0 saturated heterocycles. The van der Waals surface area contributed by atoms with Crippen LogP contribution < -0.4 is 0 Å². The largest absolute Gasteiger partial charge is 0.238 e. The molecular weight excluding hydrogens is 657 g/mol. The molecule has 0 N–H and O–H groups in total. The van der Waals surface area contributed by atoms with Gasteiger partial charge < -0.3 is 0 Å². The summed E-state index contributed by atoms with van der Waals surface area (Å²) in [5.74, 6) is 5.08. The Balaban J connectivity index is 1.07. The van der Waals surface area contributed by atoms with Gasteiger partial charge in [0.2, 0.25) is 0 Å². The van der Waals surface area contributed by atoms with Crippen LogP contribution in [0, 0.1) is 30.2 Å². The fourth-order valence-corrected chi connectivity index (χ4v) is 11.2. The first kappa shape index (κ1) is 31.4. The van der Waals surface area contributed by atoms with Gasteiger partial charge in [0.05, 0.1) is 6.57 Å². The molecule has 4 fully saturated rings. The van der Waals surface area contributed by atoms with Crippen LogP contribution in [0.25, 0.3) is 72.4 Å². The Hall–Kier alpha value is -6.18. The van der Waals surface area contributed by atoms with Crippen LogP contribution in [-0.4, -0.2) is 15.0 Å². The van der Waals surface area contributed by atoms with Gasteiger partial charge in [0.15, 0.2) is 23.2 Å². The summed E-state index contributed by atoms with van der Waals surface area (Å²) in [6.45, 7) is 7.52. The van der Waals surface area contributed by atoms with Gasteiger partial charge >= 0.3 is 0 Å². The van der Waals surface area contributed by atoms with Crippen LogP contribution in [0.15, 0.2) is 146 Å². The summed E-state index contributed by atoms with van der Waals surface area (Å²) in [7, 11) is 0. The minimum Gasteiger partial charge on any atom is -0.238 e. The molecule has 1 heterocycles. The Labute approximate surface area is 316 Å². The van der Waals surface area contributed by atoms with Crippen LogP contribution in [0.2, 0.25) is 0 Å². The molecule has 1 aromatic heterocycles. The summed E-state index contributed by atoms with van der Waals surface area (Å²) in [5.41, 5.74) is 14.4. The van der Waals surface area contributed by atoms with Crippen LogP contribution in [-0.2, 0) is 5.41 Å². The second kappa shape index (κ2) is 12.2. The van der Waals surface area contributed by atoms with Gasteiger partial charge in [-0.05, 0) is 112 Å². The Kier molecular flexibility index (Phi) is 7.07. The van der Waals surface area contributed by atoms with Crippen molar-refractivity contribution in [1.82, 2.24) is 15.0 Å². The molecule has 4 bridgehead atoms. The number of rotatable bonds is 5. The topological polar surface area (TPSA) is 43.0 Å². The third kappa shape index (κ3) is 4.78. The van der Waals surface area contributed by atoms with Crippen LogP contribution >= 0.6 is 0 Å². The van der Waals surface area contributed by atoms with Gasteiger partial charge in [0, 0.05) is 22.1 Å². The lowest BCUT2D eigenvalue weighted by atomic mass is 9.43. The highest BCUT2D eigenvalue weighted by Crippen LogP contribution is 2.70. The van der Waals surface area contributed by atoms with Crippen molar-refractivity contribution in [2.75, 3.05) is 0 Å². The zero-order chi connectivity index (χ0) is 35.8. The van der Waals surface area contributed by atoms with E-state index in [-0.39, 0.29) is 5.41 Å². The highest BCUT2D eigenvalue weighted by molar-refractivity contribution is 5.94. The van der Waals surface area contributed by atoms with Crippen LogP contribution in [0.5, 0.6) is 0 Å². The lowest BCUT2D eigenvalue weighted by Crippen LogP contribution is -2.55. The fourth-order valence-electron chi connectivity index (χ4n) is 11.2. The van der Waals surface area contributed by atoms with Gasteiger partial charge in [-0.25, -0.2) is 19.8 Å². The summed E-state index contributed by atoms with van der Waals surface area (Å²) in [4.78, 5) is 18.7. The number of benzene rings is 6. The molecule has 258 valence electrons. The van der Waals surface area contributed by atoms with E-state index in [1.165, 1.54) is 76.6 Å². The molecule has 0 atom stereocenters. The Morgan fingerprint density at radius 1 is 0.444 bits per heavy atom. The molecule has 4 saturated carbocycles. The quantitative estimate of drug-likeness (QED) is 0.168. The summed E-state index contributed by atoms with van der Waals surface area (Å²) in [6, 6.07) is 51.7. The Bertz CT molecular complexity index is 2530. The van der Waals surface area contributed by atoms with Gasteiger partial charge in [-0.3, -0.25) is 0 Å². The second-order valence-corrected chi connectivity index (χ2v) is 15.9. The molecule has 5 aliphatic rings. The predicted octanol–water partition coefficient (Wildman–Crippen LogP) is 12.5. The molecule has 4 nitrogen and oxygen atoms in total. The van der Waals surface area contributed by atoms with E-state index in [1.807, 2.05) is 48.5 Å². The molecule has 0 unspecified atom stereocenters. The minimum absolute atomic E-state index is 0.0293. The van der Waals surface area contributed by atoms with Gasteiger partial charge in [-0.15, -0.1) is 0 Å². The van der Waals surface area contributed by atoms with Crippen molar-refractivity contribution in [3.05, 3.63) is 168 Å². The minimum atomic E-state index is 0.0293. The van der Waals surface area contributed by atoms with Crippen molar-refractivity contribution >= 4 is 5.69 Å². The SMILES string of the molecule is [C-]#[N+]c1ccc(-c2cccc3c2-c2ccc(-c4cccc(-c5nc(-c6ccccc6)nc(-c6ccccc6)n5)c4)cc2C32C3CC4CC(C3)CC2C4)cc1. The summed E-state index contributed by atoms with van der Waals surface area (Å²) in [5, 5.41) is 0. The highest BCUT2D eigenvalue weighted by Gasteiger charge is 2.61. The number of fused-ring (bicyclic) bond motifs is 3.